The predicted octanol–water partition coefficient (Wildman–Crippen LogP) is 1.09. The van der Waals surface area contributed by atoms with Crippen LogP contribution in [0.2, 0.25) is 0 Å². The van der Waals surface area contributed by atoms with E-state index in [0.717, 1.165) is 10.5 Å². The van der Waals surface area contributed by atoms with E-state index in [-0.39, 0.29) is 18.1 Å². The molecule has 0 aliphatic rings. The van der Waals surface area contributed by atoms with Gasteiger partial charge in [-0.25, -0.2) is 4.79 Å². The van der Waals surface area contributed by atoms with E-state index in [0.29, 0.717) is 0 Å². The van der Waals surface area contributed by atoms with Crippen molar-refractivity contribution in [2.45, 2.75) is 44.6 Å². The van der Waals surface area contributed by atoms with Crippen LogP contribution in [-0.2, 0) is 25.6 Å². The lowest BCUT2D eigenvalue weighted by molar-refractivity contribution is -0.192. The number of carboxylic acids is 1. The summed E-state index contributed by atoms with van der Waals surface area (Å²) in [7, 11) is 0. The van der Waals surface area contributed by atoms with Gasteiger partial charge in [-0.1, -0.05) is 30.3 Å². The van der Waals surface area contributed by atoms with Gasteiger partial charge in [0, 0.05) is 6.42 Å². The number of Topliss-reactive ketones (excluding diaryl/α,β-unsaturated/α-hetero) is 1. The zero-order chi connectivity index (χ0) is 23.6. The molecule has 30 heavy (non-hydrogen) atoms. The standard InChI is InChI=1S/C16H22ClN3O3.C2HF3O2/c1-10(18)16(23)20(11(2)15(19)22)13(14(21)9-17)8-12-6-4-3-5-7-12;3-2(4,5)1(6)7/h3-7,10-11,13H,8-9,18H2,1-2H3,(H2,19,22);(H,6,7)/t10-,11-,13-;/m0./s1. The van der Waals surface area contributed by atoms with E-state index in [9.17, 15) is 27.6 Å². The summed E-state index contributed by atoms with van der Waals surface area (Å²) in [6, 6.07) is 6.44. The number of aliphatic carboxylic acids is 1. The van der Waals surface area contributed by atoms with Crippen molar-refractivity contribution in [1.29, 1.82) is 0 Å². The molecule has 5 N–H and O–H groups in total. The Morgan fingerprint density at radius 2 is 1.60 bits per heavy atom. The summed E-state index contributed by atoms with van der Waals surface area (Å²) in [5.41, 5.74) is 11.8. The summed E-state index contributed by atoms with van der Waals surface area (Å²) in [4.78, 5) is 46.4. The Bertz CT molecular complexity index is 744. The highest BCUT2D eigenvalue weighted by molar-refractivity contribution is 6.28. The van der Waals surface area contributed by atoms with Crippen LogP contribution in [0.15, 0.2) is 30.3 Å². The fraction of sp³-hybridized carbons (Fsp3) is 0.444. The molecular weight excluding hydrogens is 431 g/mol. The van der Waals surface area contributed by atoms with Crippen molar-refractivity contribution in [2.75, 3.05) is 5.88 Å². The number of benzene rings is 1. The zero-order valence-corrected chi connectivity index (χ0v) is 17.0. The average Bonchev–Trinajstić information content (AvgIpc) is 2.66. The predicted molar refractivity (Wildman–Crippen MR) is 103 cm³/mol. The molecule has 0 aromatic heterocycles. The number of rotatable bonds is 8. The Balaban J connectivity index is 0.00000103. The topological polar surface area (TPSA) is 144 Å². The lowest BCUT2D eigenvalue weighted by Gasteiger charge is -2.35. The number of amides is 2. The van der Waals surface area contributed by atoms with Gasteiger partial charge in [-0.2, -0.15) is 13.2 Å². The molecule has 1 aromatic carbocycles. The van der Waals surface area contributed by atoms with Crippen molar-refractivity contribution in [3.63, 3.8) is 0 Å². The fourth-order valence-corrected chi connectivity index (χ4v) is 2.46. The molecule has 0 aliphatic heterocycles. The molecule has 0 aliphatic carbocycles. The van der Waals surface area contributed by atoms with Gasteiger partial charge in [-0.05, 0) is 19.4 Å². The number of ketones is 1. The quantitative estimate of drug-likeness (QED) is 0.502. The largest absolute Gasteiger partial charge is 0.490 e. The number of carbonyl (C=O) groups excluding carboxylic acids is 3. The molecule has 0 fully saturated rings. The lowest BCUT2D eigenvalue weighted by atomic mass is 9.99. The minimum Gasteiger partial charge on any atom is -0.475 e. The second-order valence-electron chi connectivity index (χ2n) is 6.22. The maximum atomic E-state index is 12.4. The van der Waals surface area contributed by atoms with Crippen molar-refractivity contribution >= 4 is 35.2 Å². The SMILES string of the molecule is C[C@H](N)C(=O)N([C@@H](C)C(N)=O)[C@@H](Cc1ccccc1)C(=O)CCl.O=C(O)C(F)(F)F. The molecule has 0 bridgehead atoms. The molecule has 0 saturated carbocycles. The van der Waals surface area contributed by atoms with Gasteiger partial charge in [0.1, 0.15) is 6.04 Å². The van der Waals surface area contributed by atoms with Gasteiger partial charge in [-0.15, -0.1) is 11.6 Å². The normalized spacial score (nSPS) is 13.8. The molecule has 0 heterocycles. The number of carboxylic acid groups (broad SMARTS) is 1. The van der Waals surface area contributed by atoms with Gasteiger partial charge in [0.05, 0.1) is 18.0 Å². The van der Waals surface area contributed by atoms with Crippen LogP contribution in [0, 0.1) is 0 Å². The molecular formula is C18H23ClF3N3O5. The molecule has 0 unspecified atom stereocenters. The third-order valence-electron chi connectivity index (χ3n) is 3.83. The van der Waals surface area contributed by atoms with Gasteiger partial charge in [0.15, 0.2) is 5.78 Å². The van der Waals surface area contributed by atoms with Gasteiger partial charge >= 0.3 is 12.1 Å². The van der Waals surface area contributed by atoms with Crippen LogP contribution >= 0.6 is 11.6 Å². The molecule has 0 radical (unpaired) electrons. The van der Waals surface area contributed by atoms with Crippen LogP contribution in [-0.4, -0.2) is 63.8 Å². The van der Waals surface area contributed by atoms with E-state index in [1.807, 2.05) is 30.3 Å². The van der Waals surface area contributed by atoms with Crippen molar-refractivity contribution in [3.05, 3.63) is 35.9 Å². The molecule has 1 rings (SSSR count). The number of carbonyl (C=O) groups is 4. The third kappa shape index (κ3) is 8.78. The highest BCUT2D eigenvalue weighted by atomic mass is 35.5. The molecule has 8 nitrogen and oxygen atoms in total. The van der Waals surface area contributed by atoms with Gasteiger partial charge in [0.25, 0.3) is 0 Å². The first-order valence-electron chi connectivity index (χ1n) is 8.53. The van der Waals surface area contributed by atoms with Crippen LogP contribution in [0.25, 0.3) is 0 Å². The maximum Gasteiger partial charge on any atom is 0.490 e. The Morgan fingerprint density at radius 1 is 1.13 bits per heavy atom. The Morgan fingerprint density at radius 3 is 1.93 bits per heavy atom. The second-order valence-corrected chi connectivity index (χ2v) is 6.49. The third-order valence-corrected chi connectivity index (χ3v) is 4.09. The highest BCUT2D eigenvalue weighted by Crippen LogP contribution is 2.16. The van der Waals surface area contributed by atoms with E-state index < -0.39 is 42.1 Å². The van der Waals surface area contributed by atoms with E-state index in [4.69, 9.17) is 33.0 Å². The first-order chi connectivity index (χ1) is 13.7. The van der Waals surface area contributed by atoms with Gasteiger partial charge in [0.2, 0.25) is 11.8 Å². The van der Waals surface area contributed by atoms with Gasteiger partial charge < -0.3 is 21.5 Å². The zero-order valence-electron chi connectivity index (χ0n) is 16.2. The number of hydrogen-bond donors (Lipinski definition) is 3. The van der Waals surface area contributed by atoms with E-state index in [1.165, 1.54) is 13.8 Å². The van der Waals surface area contributed by atoms with Gasteiger partial charge in [-0.3, -0.25) is 14.4 Å². The summed E-state index contributed by atoms with van der Waals surface area (Å²) in [5.74, 6) is -4.62. The van der Waals surface area contributed by atoms with Crippen molar-refractivity contribution < 1.29 is 37.5 Å². The van der Waals surface area contributed by atoms with E-state index in [2.05, 4.69) is 0 Å². The summed E-state index contributed by atoms with van der Waals surface area (Å²) >= 11 is 5.69. The summed E-state index contributed by atoms with van der Waals surface area (Å²) in [6.07, 6.45) is -4.84. The minimum absolute atomic E-state index is 0.239. The number of primary amides is 1. The molecule has 168 valence electrons. The summed E-state index contributed by atoms with van der Waals surface area (Å²) in [6.45, 7) is 2.97. The van der Waals surface area contributed by atoms with Crippen LogP contribution in [0.5, 0.6) is 0 Å². The smallest absolute Gasteiger partial charge is 0.475 e. The summed E-state index contributed by atoms with van der Waals surface area (Å²) < 4.78 is 31.7. The molecule has 0 spiro atoms. The Labute approximate surface area is 175 Å². The number of nitrogens with zero attached hydrogens (tertiary/aromatic N) is 1. The molecule has 0 saturated heterocycles. The highest BCUT2D eigenvalue weighted by Gasteiger charge is 2.38. The first-order valence-corrected chi connectivity index (χ1v) is 9.07. The number of nitrogens with two attached hydrogens (primary N) is 2. The van der Waals surface area contributed by atoms with Crippen LogP contribution in [0.3, 0.4) is 0 Å². The average molecular weight is 454 g/mol. The van der Waals surface area contributed by atoms with Crippen LogP contribution in [0.4, 0.5) is 13.2 Å². The minimum atomic E-state index is -5.08. The Hall–Kier alpha value is -2.66. The summed E-state index contributed by atoms with van der Waals surface area (Å²) in [5, 5.41) is 7.12. The maximum absolute atomic E-state index is 12.4. The molecule has 1 aromatic rings. The number of hydrogen-bond acceptors (Lipinski definition) is 5. The van der Waals surface area contributed by atoms with Crippen molar-refractivity contribution in [1.82, 2.24) is 4.90 Å². The van der Waals surface area contributed by atoms with Crippen molar-refractivity contribution in [2.24, 2.45) is 11.5 Å². The number of alkyl halides is 4. The van der Waals surface area contributed by atoms with E-state index >= 15 is 0 Å². The molecule has 3 atom stereocenters. The fourth-order valence-electron chi connectivity index (χ4n) is 2.28. The molecule has 12 heteroatoms. The molecule has 2 amide bonds. The lowest BCUT2D eigenvalue weighted by Crippen LogP contribution is -2.58. The monoisotopic (exact) mass is 453 g/mol. The number of halogens is 4. The second kappa shape index (κ2) is 12.1. The van der Waals surface area contributed by atoms with E-state index in [1.54, 1.807) is 0 Å². The van der Waals surface area contributed by atoms with Crippen LogP contribution < -0.4 is 11.5 Å². The first kappa shape index (κ1) is 27.3. The van der Waals surface area contributed by atoms with Crippen molar-refractivity contribution in [3.8, 4) is 0 Å². The Kier molecular flexibility index (Phi) is 11.1. The van der Waals surface area contributed by atoms with Crippen LogP contribution in [0.1, 0.15) is 19.4 Å².